The molecule has 0 unspecified atom stereocenters. The highest BCUT2D eigenvalue weighted by molar-refractivity contribution is 5.93. The van der Waals surface area contributed by atoms with E-state index in [4.69, 9.17) is 9.47 Å². The Hall–Kier alpha value is -3.14. The number of benzene rings is 1. The maximum Gasteiger partial charge on any atom is 0.263 e. The lowest BCUT2D eigenvalue weighted by Gasteiger charge is -2.16. The topological polar surface area (TPSA) is 128 Å². The zero-order valence-corrected chi connectivity index (χ0v) is 12.5. The van der Waals surface area contributed by atoms with E-state index < -0.39 is 24.5 Å². The van der Waals surface area contributed by atoms with Gasteiger partial charge in [-0.05, 0) is 17.7 Å². The molecule has 10 nitrogen and oxygen atoms in total. The molecule has 1 aromatic heterocycles. The maximum atomic E-state index is 12.1. The standard InChI is InChI=1S/C14H15N5O5/c20-5-10(14(22)18-19-6-15-16-7-19)17-13(21)4-9-1-2-11-12(3-9)24-8-23-11/h1-3,6-7,10,20H,4-5,8H2,(H,17,21)(H,18,22)/t10-/m0/s1. The molecule has 3 N–H and O–H groups in total. The second-order valence-electron chi connectivity index (χ2n) is 5.01. The second-order valence-corrected chi connectivity index (χ2v) is 5.01. The van der Waals surface area contributed by atoms with Crippen molar-refractivity contribution in [3.05, 3.63) is 36.4 Å². The summed E-state index contributed by atoms with van der Waals surface area (Å²) in [5.74, 6) is 0.202. The average molecular weight is 333 g/mol. The highest BCUT2D eigenvalue weighted by atomic mass is 16.7. The number of aromatic nitrogens is 3. The lowest BCUT2D eigenvalue weighted by Crippen LogP contribution is -2.48. The average Bonchev–Trinajstić information content (AvgIpc) is 3.23. The number of carbonyl (C=O) groups is 2. The predicted molar refractivity (Wildman–Crippen MR) is 79.7 cm³/mol. The van der Waals surface area contributed by atoms with Gasteiger partial charge in [0.2, 0.25) is 12.7 Å². The summed E-state index contributed by atoms with van der Waals surface area (Å²) in [5, 5.41) is 18.8. The molecule has 126 valence electrons. The van der Waals surface area contributed by atoms with E-state index in [0.29, 0.717) is 17.1 Å². The maximum absolute atomic E-state index is 12.1. The third kappa shape index (κ3) is 3.60. The summed E-state index contributed by atoms with van der Waals surface area (Å²) in [6.07, 6.45) is 2.59. The van der Waals surface area contributed by atoms with Gasteiger partial charge in [0.15, 0.2) is 11.5 Å². The van der Waals surface area contributed by atoms with Crippen LogP contribution in [0.25, 0.3) is 0 Å². The van der Waals surface area contributed by atoms with Crippen LogP contribution < -0.4 is 20.2 Å². The van der Waals surface area contributed by atoms with Crippen LogP contribution in [0, 0.1) is 0 Å². The Balaban J connectivity index is 1.57. The van der Waals surface area contributed by atoms with Crippen LogP contribution in [-0.4, -0.2) is 51.2 Å². The van der Waals surface area contributed by atoms with Gasteiger partial charge in [-0.3, -0.25) is 15.0 Å². The zero-order chi connectivity index (χ0) is 16.9. The molecule has 0 bridgehead atoms. The van der Waals surface area contributed by atoms with Crippen molar-refractivity contribution >= 4 is 11.8 Å². The van der Waals surface area contributed by atoms with Crippen molar-refractivity contribution in [2.45, 2.75) is 12.5 Å². The number of aliphatic hydroxyl groups is 1. The van der Waals surface area contributed by atoms with E-state index in [1.165, 1.54) is 17.3 Å². The first-order chi connectivity index (χ1) is 11.7. The van der Waals surface area contributed by atoms with E-state index in [2.05, 4.69) is 20.9 Å². The molecule has 0 saturated carbocycles. The molecule has 0 radical (unpaired) electrons. The molecule has 0 spiro atoms. The molecule has 0 saturated heterocycles. The summed E-state index contributed by atoms with van der Waals surface area (Å²) < 4.78 is 11.7. The first-order valence-electron chi connectivity index (χ1n) is 7.10. The van der Waals surface area contributed by atoms with Gasteiger partial charge in [0.1, 0.15) is 18.7 Å². The SMILES string of the molecule is O=C(Cc1ccc2c(c1)OCO2)N[C@@H](CO)C(=O)Nn1cnnc1. The number of hydrogen-bond acceptors (Lipinski definition) is 7. The van der Waals surface area contributed by atoms with Gasteiger partial charge in [-0.25, -0.2) is 4.68 Å². The first kappa shape index (κ1) is 15.7. The highest BCUT2D eigenvalue weighted by Gasteiger charge is 2.21. The summed E-state index contributed by atoms with van der Waals surface area (Å²) in [7, 11) is 0. The molecule has 0 aliphatic carbocycles. The van der Waals surface area contributed by atoms with Crippen LogP contribution in [0.5, 0.6) is 11.5 Å². The summed E-state index contributed by atoms with van der Waals surface area (Å²) in [5.41, 5.74) is 3.12. The highest BCUT2D eigenvalue weighted by Crippen LogP contribution is 2.32. The smallest absolute Gasteiger partial charge is 0.263 e. The van der Waals surface area contributed by atoms with Gasteiger partial charge in [-0.1, -0.05) is 6.07 Å². The molecule has 2 heterocycles. The third-order valence-corrected chi connectivity index (χ3v) is 3.29. The fourth-order valence-electron chi connectivity index (χ4n) is 2.14. The normalized spacial score (nSPS) is 13.4. The number of fused-ring (bicyclic) bond motifs is 1. The van der Waals surface area contributed by atoms with Crippen LogP contribution in [0.1, 0.15) is 5.56 Å². The molecular formula is C14H15N5O5. The molecular weight excluding hydrogens is 318 g/mol. The predicted octanol–water partition coefficient (Wildman–Crippen LogP) is -1.20. The van der Waals surface area contributed by atoms with E-state index in [1.807, 2.05) is 0 Å². The minimum Gasteiger partial charge on any atom is -0.454 e. The van der Waals surface area contributed by atoms with E-state index >= 15 is 0 Å². The number of nitrogens with zero attached hydrogens (tertiary/aromatic N) is 3. The minimum atomic E-state index is -1.09. The molecule has 3 rings (SSSR count). The number of rotatable bonds is 6. The Labute approximate surface area is 136 Å². The van der Waals surface area contributed by atoms with Crippen LogP contribution in [0.4, 0.5) is 0 Å². The van der Waals surface area contributed by atoms with E-state index in [-0.39, 0.29) is 13.2 Å². The molecule has 1 atom stereocenters. The number of aliphatic hydroxyl groups excluding tert-OH is 1. The number of hydrogen-bond donors (Lipinski definition) is 3. The summed E-state index contributed by atoms with van der Waals surface area (Å²) in [6, 6.07) is 4.06. The van der Waals surface area contributed by atoms with Gasteiger partial charge in [0, 0.05) is 0 Å². The summed E-state index contributed by atoms with van der Waals surface area (Å²) >= 11 is 0. The molecule has 2 aromatic rings. The lowest BCUT2D eigenvalue weighted by atomic mass is 10.1. The van der Waals surface area contributed by atoms with Crippen molar-refractivity contribution in [2.24, 2.45) is 0 Å². The quantitative estimate of drug-likeness (QED) is 0.605. The van der Waals surface area contributed by atoms with Crippen molar-refractivity contribution < 1.29 is 24.2 Å². The van der Waals surface area contributed by atoms with Gasteiger partial charge in [0.05, 0.1) is 13.0 Å². The van der Waals surface area contributed by atoms with E-state index in [0.717, 1.165) is 0 Å². The number of amides is 2. The molecule has 10 heteroatoms. The van der Waals surface area contributed by atoms with Gasteiger partial charge >= 0.3 is 0 Å². The molecule has 2 amide bonds. The number of ether oxygens (including phenoxy) is 2. The largest absolute Gasteiger partial charge is 0.454 e. The van der Waals surface area contributed by atoms with Crippen LogP contribution >= 0.6 is 0 Å². The van der Waals surface area contributed by atoms with Gasteiger partial charge < -0.3 is 19.9 Å². The van der Waals surface area contributed by atoms with Crippen molar-refractivity contribution in [1.29, 1.82) is 0 Å². The molecule has 0 fully saturated rings. The molecule has 1 aliphatic heterocycles. The van der Waals surface area contributed by atoms with Gasteiger partial charge in [-0.2, -0.15) is 0 Å². The van der Waals surface area contributed by atoms with E-state index in [9.17, 15) is 14.7 Å². The Morgan fingerprint density at radius 2 is 2.00 bits per heavy atom. The fourth-order valence-corrected chi connectivity index (χ4v) is 2.14. The van der Waals surface area contributed by atoms with E-state index in [1.54, 1.807) is 18.2 Å². The van der Waals surface area contributed by atoms with Crippen molar-refractivity contribution in [3.8, 4) is 11.5 Å². The first-order valence-corrected chi connectivity index (χ1v) is 7.10. The van der Waals surface area contributed by atoms with Crippen LogP contribution in [0.2, 0.25) is 0 Å². The Bertz CT molecular complexity index is 733. The Morgan fingerprint density at radius 1 is 1.25 bits per heavy atom. The summed E-state index contributed by atoms with van der Waals surface area (Å²) in [4.78, 5) is 24.1. The molecule has 24 heavy (non-hydrogen) atoms. The third-order valence-electron chi connectivity index (χ3n) is 3.29. The Morgan fingerprint density at radius 3 is 2.75 bits per heavy atom. The van der Waals surface area contributed by atoms with Gasteiger partial charge in [-0.15, -0.1) is 10.2 Å². The monoisotopic (exact) mass is 333 g/mol. The molecule has 1 aliphatic rings. The molecule has 1 aromatic carbocycles. The van der Waals surface area contributed by atoms with Gasteiger partial charge in [0.25, 0.3) is 5.91 Å². The lowest BCUT2D eigenvalue weighted by molar-refractivity contribution is -0.127. The van der Waals surface area contributed by atoms with Crippen molar-refractivity contribution in [2.75, 3.05) is 18.8 Å². The zero-order valence-electron chi connectivity index (χ0n) is 12.5. The fraction of sp³-hybridized carbons (Fsp3) is 0.286. The Kier molecular flexibility index (Phi) is 4.57. The van der Waals surface area contributed by atoms with Crippen molar-refractivity contribution in [1.82, 2.24) is 20.2 Å². The minimum absolute atomic E-state index is 0.0348. The van der Waals surface area contributed by atoms with Crippen LogP contribution in [0.3, 0.4) is 0 Å². The number of carbonyl (C=O) groups excluding carboxylic acids is 2. The summed E-state index contributed by atoms with van der Waals surface area (Å²) in [6.45, 7) is -0.387. The number of nitrogens with one attached hydrogen (secondary N) is 2. The second kappa shape index (κ2) is 6.96. The van der Waals surface area contributed by atoms with Crippen molar-refractivity contribution in [3.63, 3.8) is 0 Å². The van der Waals surface area contributed by atoms with Crippen LogP contribution in [-0.2, 0) is 16.0 Å². The van der Waals surface area contributed by atoms with Crippen LogP contribution in [0.15, 0.2) is 30.9 Å².